The molecule has 4 heteroatoms. The predicted molar refractivity (Wildman–Crippen MR) is 75.3 cm³/mol. The number of hydrogen-bond acceptors (Lipinski definition) is 1. The summed E-state index contributed by atoms with van der Waals surface area (Å²) in [5.41, 5.74) is 1.66. The summed E-state index contributed by atoms with van der Waals surface area (Å²) in [7, 11) is 0. The van der Waals surface area contributed by atoms with E-state index in [1.165, 1.54) is 0 Å². The average Bonchev–Trinajstić information content (AvgIpc) is 2.30. The lowest BCUT2D eigenvalue weighted by Gasteiger charge is -2.31. The van der Waals surface area contributed by atoms with Crippen molar-refractivity contribution in [3.63, 3.8) is 0 Å². The van der Waals surface area contributed by atoms with Gasteiger partial charge in [0.05, 0.1) is 0 Å². The van der Waals surface area contributed by atoms with Crippen molar-refractivity contribution in [2.45, 2.75) is 3.92 Å². The van der Waals surface area contributed by atoms with E-state index in [0.717, 1.165) is 11.4 Å². The Hall–Kier alpha value is -0.890. The number of nitrogens with zero attached hydrogens (tertiary/aromatic N) is 1. The van der Waals surface area contributed by atoms with Crippen LogP contribution in [0.2, 0.25) is 0 Å². The Kier molecular flexibility index (Phi) is 3.82. The molecule has 0 atom stereocenters. The van der Waals surface area contributed by atoms with E-state index in [1.807, 2.05) is 60.7 Å². The SMILES string of the molecule is ClC(Cl)(Cl)N(c1ccccc1)c1ccccc1. The van der Waals surface area contributed by atoms with Crippen LogP contribution in [0.25, 0.3) is 0 Å². The number of benzene rings is 2. The molecule has 0 aliphatic heterocycles. The number of para-hydroxylation sites is 2. The fourth-order valence-electron chi connectivity index (χ4n) is 1.60. The van der Waals surface area contributed by atoms with Crippen LogP contribution in [0.1, 0.15) is 0 Å². The molecular formula is C13H10Cl3N. The van der Waals surface area contributed by atoms with Crippen LogP contribution >= 0.6 is 34.8 Å². The third-order valence-corrected chi connectivity index (χ3v) is 2.79. The molecule has 2 aromatic rings. The zero-order valence-corrected chi connectivity index (χ0v) is 11.1. The van der Waals surface area contributed by atoms with Crippen molar-refractivity contribution in [3.8, 4) is 0 Å². The minimum atomic E-state index is -1.53. The minimum absolute atomic E-state index is 0.832. The fourth-order valence-corrected chi connectivity index (χ4v) is 2.18. The molecular weight excluding hydrogens is 277 g/mol. The Labute approximate surface area is 116 Å². The summed E-state index contributed by atoms with van der Waals surface area (Å²) in [5, 5.41) is 0. The van der Waals surface area contributed by atoms with Gasteiger partial charge in [0.1, 0.15) is 0 Å². The molecule has 0 unspecified atom stereocenters. The number of anilines is 2. The first kappa shape index (κ1) is 12.6. The van der Waals surface area contributed by atoms with Gasteiger partial charge in [-0.05, 0) is 24.3 Å². The Bertz CT molecular complexity index is 426. The summed E-state index contributed by atoms with van der Waals surface area (Å²) in [6.45, 7) is 0. The maximum atomic E-state index is 6.03. The van der Waals surface area contributed by atoms with Gasteiger partial charge in [0.2, 0.25) is 0 Å². The molecule has 2 rings (SSSR count). The molecule has 0 aliphatic carbocycles. The summed E-state index contributed by atoms with van der Waals surface area (Å²) in [6.07, 6.45) is 0. The zero-order chi connectivity index (χ0) is 12.3. The van der Waals surface area contributed by atoms with Gasteiger partial charge in [-0.2, -0.15) is 0 Å². The molecule has 0 aromatic heterocycles. The molecule has 17 heavy (non-hydrogen) atoms. The standard InChI is InChI=1S/C13H10Cl3N/c14-13(15,16)17(11-7-3-1-4-8-11)12-9-5-2-6-10-12/h1-10H. The molecule has 0 bridgehead atoms. The van der Waals surface area contributed by atoms with Crippen molar-refractivity contribution in [2.75, 3.05) is 4.90 Å². The van der Waals surface area contributed by atoms with E-state index in [1.54, 1.807) is 4.90 Å². The molecule has 0 saturated carbocycles. The summed E-state index contributed by atoms with van der Waals surface area (Å²) in [5.74, 6) is 0. The summed E-state index contributed by atoms with van der Waals surface area (Å²) >= 11 is 18.1. The molecule has 88 valence electrons. The Morgan fingerprint density at radius 2 is 1.00 bits per heavy atom. The summed E-state index contributed by atoms with van der Waals surface area (Å²) < 4.78 is -1.53. The van der Waals surface area contributed by atoms with E-state index in [2.05, 4.69) is 0 Å². The lowest BCUT2D eigenvalue weighted by Crippen LogP contribution is -2.30. The van der Waals surface area contributed by atoms with Gasteiger partial charge in [0.15, 0.2) is 0 Å². The third-order valence-electron chi connectivity index (χ3n) is 2.28. The van der Waals surface area contributed by atoms with Gasteiger partial charge in [-0.25, -0.2) is 0 Å². The second kappa shape index (κ2) is 5.18. The first-order valence-corrected chi connectivity index (χ1v) is 6.19. The Morgan fingerprint density at radius 1 is 0.647 bits per heavy atom. The summed E-state index contributed by atoms with van der Waals surface area (Å²) in [6, 6.07) is 19.1. The van der Waals surface area contributed by atoms with Crippen molar-refractivity contribution >= 4 is 46.2 Å². The topological polar surface area (TPSA) is 3.24 Å². The monoisotopic (exact) mass is 285 g/mol. The third kappa shape index (κ3) is 3.06. The van der Waals surface area contributed by atoms with Crippen LogP contribution in [0.5, 0.6) is 0 Å². The highest BCUT2D eigenvalue weighted by Crippen LogP contribution is 2.41. The minimum Gasteiger partial charge on any atom is -0.297 e. The van der Waals surface area contributed by atoms with Gasteiger partial charge in [0.25, 0.3) is 3.92 Å². The van der Waals surface area contributed by atoms with Gasteiger partial charge in [-0.3, -0.25) is 4.90 Å². The Balaban J connectivity index is 2.48. The normalized spacial score (nSPS) is 11.2. The molecule has 2 aromatic carbocycles. The first-order chi connectivity index (χ1) is 8.09. The zero-order valence-electron chi connectivity index (χ0n) is 8.85. The van der Waals surface area contributed by atoms with Gasteiger partial charge >= 0.3 is 0 Å². The quantitative estimate of drug-likeness (QED) is 0.545. The van der Waals surface area contributed by atoms with E-state index < -0.39 is 3.92 Å². The highest BCUT2D eigenvalue weighted by Gasteiger charge is 2.31. The van der Waals surface area contributed by atoms with Crippen LogP contribution in [-0.4, -0.2) is 3.92 Å². The maximum Gasteiger partial charge on any atom is 0.272 e. The van der Waals surface area contributed by atoms with Gasteiger partial charge in [-0.1, -0.05) is 71.2 Å². The summed E-state index contributed by atoms with van der Waals surface area (Å²) in [4.78, 5) is 1.65. The lowest BCUT2D eigenvalue weighted by molar-refractivity contribution is 1.04. The van der Waals surface area contributed by atoms with Gasteiger partial charge in [0, 0.05) is 11.4 Å². The van der Waals surface area contributed by atoms with Crippen molar-refractivity contribution in [2.24, 2.45) is 0 Å². The van der Waals surface area contributed by atoms with E-state index in [0.29, 0.717) is 0 Å². The molecule has 1 nitrogen and oxygen atoms in total. The van der Waals surface area contributed by atoms with E-state index in [4.69, 9.17) is 34.8 Å². The van der Waals surface area contributed by atoms with Crippen LogP contribution in [0.3, 0.4) is 0 Å². The molecule has 0 saturated heterocycles. The van der Waals surface area contributed by atoms with Crippen molar-refractivity contribution in [1.82, 2.24) is 0 Å². The van der Waals surface area contributed by atoms with Crippen LogP contribution in [0.4, 0.5) is 11.4 Å². The second-order valence-corrected chi connectivity index (χ2v) is 5.70. The van der Waals surface area contributed by atoms with E-state index in [9.17, 15) is 0 Å². The fraction of sp³-hybridized carbons (Fsp3) is 0.0769. The number of rotatable bonds is 2. The highest BCUT2D eigenvalue weighted by atomic mass is 35.6. The van der Waals surface area contributed by atoms with E-state index >= 15 is 0 Å². The highest BCUT2D eigenvalue weighted by molar-refractivity contribution is 6.69. The Morgan fingerprint density at radius 3 is 1.29 bits per heavy atom. The number of hydrogen-bond donors (Lipinski definition) is 0. The van der Waals surface area contributed by atoms with Crippen LogP contribution in [-0.2, 0) is 0 Å². The van der Waals surface area contributed by atoms with Crippen LogP contribution < -0.4 is 4.90 Å². The number of halogens is 3. The number of alkyl halides is 3. The molecule has 0 N–H and O–H groups in total. The van der Waals surface area contributed by atoms with Crippen LogP contribution in [0, 0.1) is 0 Å². The predicted octanol–water partition coefficient (Wildman–Crippen LogP) is 5.15. The van der Waals surface area contributed by atoms with Gasteiger partial charge < -0.3 is 0 Å². The van der Waals surface area contributed by atoms with Gasteiger partial charge in [-0.15, -0.1) is 0 Å². The van der Waals surface area contributed by atoms with Crippen molar-refractivity contribution in [3.05, 3.63) is 60.7 Å². The lowest BCUT2D eigenvalue weighted by atomic mass is 10.2. The van der Waals surface area contributed by atoms with Crippen LogP contribution in [0.15, 0.2) is 60.7 Å². The molecule has 0 spiro atoms. The first-order valence-electron chi connectivity index (χ1n) is 5.06. The maximum absolute atomic E-state index is 6.03. The van der Waals surface area contributed by atoms with E-state index in [-0.39, 0.29) is 0 Å². The molecule has 0 amide bonds. The molecule has 0 radical (unpaired) electrons. The largest absolute Gasteiger partial charge is 0.297 e. The second-order valence-electron chi connectivity index (χ2n) is 3.47. The van der Waals surface area contributed by atoms with Crippen molar-refractivity contribution in [1.29, 1.82) is 0 Å². The molecule has 0 fully saturated rings. The average molecular weight is 287 g/mol. The molecule has 0 heterocycles. The van der Waals surface area contributed by atoms with Crippen molar-refractivity contribution < 1.29 is 0 Å². The molecule has 0 aliphatic rings. The smallest absolute Gasteiger partial charge is 0.272 e.